The fourth-order valence-corrected chi connectivity index (χ4v) is 5.00. The van der Waals surface area contributed by atoms with Crippen LogP contribution in [-0.2, 0) is 13.0 Å². The predicted octanol–water partition coefficient (Wildman–Crippen LogP) is 2.20. The first-order chi connectivity index (χ1) is 13.2. The van der Waals surface area contributed by atoms with Crippen molar-refractivity contribution in [1.29, 1.82) is 0 Å². The Morgan fingerprint density at radius 1 is 1.11 bits per heavy atom. The quantitative estimate of drug-likeness (QED) is 0.368. The number of aromatic nitrogens is 3. The Morgan fingerprint density at radius 2 is 1.93 bits per heavy atom. The number of rotatable bonds is 5. The number of hydrogen-bond donors (Lipinski definition) is 2. The van der Waals surface area contributed by atoms with E-state index in [1.807, 2.05) is 14.0 Å². The van der Waals surface area contributed by atoms with Gasteiger partial charge < -0.3 is 20.1 Å². The lowest BCUT2D eigenvalue weighted by molar-refractivity contribution is 0.275. The molecule has 158 valence electrons. The van der Waals surface area contributed by atoms with Crippen LogP contribution in [0.2, 0.25) is 0 Å². The molecule has 8 heteroatoms. The van der Waals surface area contributed by atoms with Crippen LogP contribution >= 0.6 is 24.0 Å². The Kier molecular flexibility index (Phi) is 7.96. The van der Waals surface area contributed by atoms with Crippen molar-refractivity contribution in [3.63, 3.8) is 0 Å². The summed E-state index contributed by atoms with van der Waals surface area (Å²) in [7, 11) is 1.88. The summed E-state index contributed by atoms with van der Waals surface area (Å²) < 4.78 is 2.27. The van der Waals surface area contributed by atoms with Gasteiger partial charge in [-0.15, -0.1) is 34.2 Å². The van der Waals surface area contributed by atoms with Crippen molar-refractivity contribution >= 4 is 29.9 Å². The maximum atomic E-state index is 4.46. The molecular formula is C20H36IN7. The van der Waals surface area contributed by atoms with Gasteiger partial charge in [-0.25, -0.2) is 0 Å². The van der Waals surface area contributed by atoms with Crippen molar-refractivity contribution in [1.82, 2.24) is 30.3 Å². The Morgan fingerprint density at radius 3 is 2.71 bits per heavy atom. The van der Waals surface area contributed by atoms with Crippen LogP contribution in [0.15, 0.2) is 4.99 Å². The van der Waals surface area contributed by atoms with Gasteiger partial charge >= 0.3 is 0 Å². The second-order valence-corrected chi connectivity index (χ2v) is 8.67. The molecule has 2 unspecified atom stereocenters. The second-order valence-electron chi connectivity index (χ2n) is 8.67. The molecule has 2 atom stereocenters. The summed E-state index contributed by atoms with van der Waals surface area (Å²) in [4.78, 5) is 7.11. The van der Waals surface area contributed by atoms with Gasteiger partial charge in [-0.2, -0.15) is 0 Å². The maximum absolute atomic E-state index is 4.46. The third-order valence-electron chi connectivity index (χ3n) is 6.62. The van der Waals surface area contributed by atoms with Crippen LogP contribution in [0.25, 0.3) is 0 Å². The van der Waals surface area contributed by atoms with Crippen LogP contribution in [0.1, 0.15) is 50.2 Å². The van der Waals surface area contributed by atoms with E-state index in [0.717, 1.165) is 49.6 Å². The van der Waals surface area contributed by atoms with Crippen molar-refractivity contribution < 1.29 is 0 Å². The van der Waals surface area contributed by atoms with Crippen molar-refractivity contribution in [3.05, 3.63) is 11.6 Å². The minimum Gasteiger partial charge on any atom is -0.356 e. The van der Waals surface area contributed by atoms with Gasteiger partial charge in [-0.3, -0.25) is 4.99 Å². The molecule has 0 amide bonds. The number of fused-ring (bicyclic) bond motifs is 1. The molecule has 2 aliphatic heterocycles. The van der Waals surface area contributed by atoms with E-state index in [1.165, 1.54) is 51.6 Å². The number of nitrogens with one attached hydrogen (secondary N) is 2. The highest BCUT2D eigenvalue weighted by molar-refractivity contribution is 14.0. The monoisotopic (exact) mass is 501 g/mol. The molecule has 3 heterocycles. The molecule has 0 radical (unpaired) electrons. The van der Waals surface area contributed by atoms with Crippen LogP contribution in [0.3, 0.4) is 0 Å². The molecule has 0 bridgehead atoms. The minimum absolute atomic E-state index is 0. The zero-order valence-corrected chi connectivity index (χ0v) is 19.7. The third kappa shape index (κ3) is 5.37. The normalized spacial score (nSPS) is 26.1. The smallest absolute Gasteiger partial charge is 0.191 e. The number of guanidine groups is 1. The van der Waals surface area contributed by atoms with Crippen LogP contribution in [-0.4, -0.2) is 64.9 Å². The second kappa shape index (κ2) is 10.2. The number of likely N-dealkylation sites (tertiary alicyclic amines) is 1. The van der Waals surface area contributed by atoms with Gasteiger partial charge in [0.15, 0.2) is 5.96 Å². The van der Waals surface area contributed by atoms with E-state index in [9.17, 15) is 0 Å². The molecule has 0 spiro atoms. The largest absolute Gasteiger partial charge is 0.356 e. The van der Waals surface area contributed by atoms with Crippen molar-refractivity contribution in [2.45, 2.75) is 64.5 Å². The third-order valence-corrected chi connectivity index (χ3v) is 6.62. The minimum atomic E-state index is 0. The molecule has 3 aliphatic rings. The fourth-order valence-electron chi connectivity index (χ4n) is 5.00. The molecule has 0 aromatic carbocycles. The average molecular weight is 501 g/mol. The highest BCUT2D eigenvalue weighted by Gasteiger charge is 2.27. The first kappa shape index (κ1) is 21.8. The Hall–Kier alpha value is -0.900. The highest BCUT2D eigenvalue weighted by Crippen LogP contribution is 2.26. The lowest BCUT2D eigenvalue weighted by Gasteiger charge is -2.26. The van der Waals surface area contributed by atoms with Crippen LogP contribution in [0, 0.1) is 18.8 Å². The van der Waals surface area contributed by atoms with Crippen molar-refractivity contribution in [2.24, 2.45) is 16.8 Å². The molecule has 1 aromatic heterocycles. The lowest BCUT2D eigenvalue weighted by atomic mass is 9.99. The molecular weight excluding hydrogens is 465 g/mol. The number of hydrogen-bond acceptors (Lipinski definition) is 4. The summed E-state index contributed by atoms with van der Waals surface area (Å²) in [6.45, 7) is 7.69. The summed E-state index contributed by atoms with van der Waals surface area (Å²) in [5, 5.41) is 15.7. The molecule has 2 fully saturated rings. The van der Waals surface area contributed by atoms with E-state index in [4.69, 9.17) is 0 Å². The number of aryl methyl sites for hydroxylation is 2. The van der Waals surface area contributed by atoms with E-state index in [2.05, 4.69) is 35.3 Å². The Bertz CT molecular complexity index is 653. The summed E-state index contributed by atoms with van der Waals surface area (Å²) in [6, 6.07) is 0.524. The van der Waals surface area contributed by atoms with E-state index in [-0.39, 0.29) is 24.0 Å². The van der Waals surface area contributed by atoms with E-state index < -0.39 is 0 Å². The molecule has 1 aromatic rings. The zero-order valence-electron chi connectivity index (χ0n) is 17.4. The molecule has 1 aliphatic carbocycles. The molecule has 4 rings (SSSR count). The van der Waals surface area contributed by atoms with Crippen molar-refractivity contribution in [3.8, 4) is 0 Å². The number of halogens is 1. The predicted molar refractivity (Wildman–Crippen MR) is 123 cm³/mol. The molecule has 28 heavy (non-hydrogen) atoms. The van der Waals surface area contributed by atoms with Crippen molar-refractivity contribution in [2.75, 3.05) is 33.2 Å². The van der Waals surface area contributed by atoms with Crippen LogP contribution in [0.5, 0.6) is 0 Å². The molecule has 1 saturated carbocycles. The average Bonchev–Trinajstić information content (AvgIpc) is 3.42. The topological polar surface area (TPSA) is 70.4 Å². The van der Waals surface area contributed by atoms with Crippen LogP contribution < -0.4 is 10.6 Å². The van der Waals surface area contributed by atoms with Gasteiger partial charge in [-0.1, -0.05) is 12.8 Å². The zero-order chi connectivity index (χ0) is 18.6. The standard InChI is InChI=1S/C20H35N7.HI/c1-15-24-25-19-8-7-17(13-27(15)19)11-22-20(21-2)23-18-9-10-26(14-18)12-16-5-3-4-6-16;/h16-18H,3-14H2,1-2H3,(H2,21,22,23);1H. The molecule has 7 nitrogen and oxygen atoms in total. The number of nitrogens with zero attached hydrogens (tertiary/aromatic N) is 5. The van der Waals surface area contributed by atoms with E-state index >= 15 is 0 Å². The maximum Gasteiger partial charge on any atom is 0.191 e. The van der Waals surface area contributed by atoms with Gasteiger partial charge in [0.2, 0.25) is 0 Å². The van der Waals surface area contributed by atoms with Gasteiger partial charge in [0.25, 0.3) is 0 Å². The fraction of sp³-hybridized carbons (Fsp3) is 0.850. The highest BCUT2D eigenvalue weighted by atomic mass is 127. The van der Waals surface area contributed by atoms with Gasteiger partial charge in [-0.05, 0) is 44.4 Å². The van der Waals surface area contributed by atoms with Gasteiger partial charge in [0.05, 0.1) is 0 Å². The summed E-state index contributed by atoms with van der Waals surface area (Å²) in [6.07, 6.45) is 9.17. The Balaban J connectivity index is 0.00000225. The first-order valence-electron chi connectivity index (χ1n) is 10.8. The van der Waals surface area contributed by atoms with E-state index in [1.54, 1.807) is 0 Å². The van der Waals surface area contributed by atoms with Gasteiger partial charge in [0.1, 0.15) is 11.6 Å². The number of aliphatic imine (C=N–C) groups is 1. The molecule has 2 N–H and O–H groups in total. The SMILES string of the molecule is CN=C(NCC1CCc2nnc(C)n2C1)NC1CCN(CC2CCCC2)C1.I. The first-order valence-corrected chi connectivity index (χ1v) is 10.8. The summed E-state index contributed by atoms with van der Waals surface area (Å²) >= 11 is 0. The summed E-state index contributed by atoms with van der Waals surface area (Å²) in [5.74, 6) is 4.67. The Labute approximate surface area is 186 Å². The summed E-state index contributed by atoms with van der Waals surface area (Å²) in [5.41, 5.74) is 0. The van der Waals surface area contributed by atoms with E-state index in [0.29, 0.717) is 12.0 Å². The van der Waals surface area contributed by atoms with Crippen LogP contribution in [0.4, 0.5) is 0 Å². The van der Waals surface area contributed by atoms with Gasteiger partial charge in [0, 0.05) is 52.2 Å². The molecule has 1 saturated heterocycles. The lowest BCUT2D eigenvalue weighted by Crippen LogP contribution is -2.46.